The maximum atomic E-state index is 13.4. The first-order chi connectivity index (χ1) is 18.6. The highest BCUT2D eigenvalue weighted by atomic mass is 35.5. The van der Waals surface area contributed by atoms with E-state index in [1.54, 1.807) is 54.6 Å². The van der Waals surface area contributed by atoms with E-state index in [1.165, 1.54) is 6.21 Å². The number of hydrogen-bond acceptors (Lipinski definition) is 4. The van der Waals surface area contributed by atoms with Crippen molar-refractivity contribution in [2.45, 2.75) is 13.3 Å². The van der Waals surface area contributed by atoms with E-state index in [2.05, 4.69) is 22.4 Å². The van der Waals surface area contributed by atoms with E-state index in [4.69, 9.17) is 16.3 Å². The van der Waals surface area contributed by atoms with E-state index in [1.807, 2.05) is 42.5 Å². The molecule has 38 heavy (non-hydrogen) atoms. The minimum atomic E-state index is -0.482. The average molecular weight is 522 g/mol. The van der Waals surface area contributed by atoms with Crippen molar-refractivity contribution in [3.63, 3.8) is 0 Å². The lowest BCUT2D eigenvalue weighted by Gasteiger charge is -2.08. The molecular weight excluding hydrogens is 498 g/mol. The number of amides is 1. The predicted octanol–water partition coefficient (Wildman–Crippen LogP) is 7.03. The summed E-state index contributed by atoms with van der Waals surface area (Å²) in [6.07, 6.45) is 2.25. The van der Waals surface area contributed by atoms with Gasteiger partial charge in [-0.05, 0) is 42.3 Å². The highest BCUT2D eigenvalue weighted by molar-refractivity contribution is 6.34. The van der Waals surface area contributed by atoms with Gasteiger partial charge >= 0.3 is 5.97 Å². The van der Waals surface area contributed by atoms with Gasteiger partial charge in [0, 0.05) is 32.6 Å². The van der Waals surface area contributed by atoms with Crippen LogP contribution in [0.3, 0.4) is 0 Å². The lowest BCUT2D eigenvalue weighted by molar-refractivity contribution is 0.0734. The number of aromatic amines is 1. The molecule has 0 spiro atoms. The van der Waals surface area contributed by atoms with Crippen molar-refractivity contribution >= 4 is 40.6 Å². The van der Waals surface area contributed by atoms with Gasteiger partial charge in [-0.1, -0.05) is 85.3 Å². The van der Waals surface area contributed by atoms with Crippen LogP contribution in [0.4, 0.5) is 0 Å². The van der Waals surface area contributed by atoms with Crippen LogP contribution in [-0.2, 0) is 6.42 Å². The molecule has 6 nitrogen and oxygen atoms in total. The Labute approximate surface area is 224 Å². The van der Waals surface area contributed by atoms with Gasteiger partial charge in [0.05, 0.1) is 11.8 Å². The van der Waals surface area contributed by atoms with Gasteiger partial charge in [0.25, 0.3) is 5.91 Å². The second kappa shape index (κ2) is 11.2. The summed E-state index contributed by atoms with van der Waals surface area (Å²) in [6.45, 7) is 2.07. The number of para-hydroxylation sites is 2. The first-order valence-electron chi connectivity index (χ1n) is 12.1. The van der Waals surface area contributed by atoms with Gasteiger partial charge in [0.2, 0.25) is 0 Å². The van der Waals surface area contributed by atoms with Crippen LogP contribution < -0.4 is 10.2 Å². The van der Waals surface area contributed by atoms with E-state index < -0.39 is 11.9 Å². The molecule has 0 aliphatic carbocycles. The predicted molar refractivity (Wildman–Crippen MR) is 151 cm³/mol. The minimum absolute atomic E-state index is 0.328. The van der Waals surface area contributed by atoms with Crippen molar-refractivity contribution in [3.05, 3.63) is 124 Å². The normalized spacial score (nSPS) is 11.1. The fourth-order valence-corrected chi connectivity index (χ4v) is 4.55. The second-order valence-corrected chi connectivity index (χ2v) is 8.95. The fraction of sp³-hybridized carbons (Fsp3) is 0.0645. The smallest absolute Gasteiger partial charge is 0.343 e. The number of rotatable bonds is 7. The lowest BCUT2D eigenvalue weighted by Crippen LogP contribution is -2.19. The molecule has 0 aliphatic rings. The van der Waals surface area contributed by atoms with Gasteiger partial charge in [-0.15, -0.1) is 0 Å². The zero-order valence-corrected chi connectivity index (χ0v) is 21.3. The minimum Gasteiger partial charge on any atom is -0.422 e. The summed E-state index contributed by atoms with van der Waals surface area (Å²) < 4.78 is 5.57. The summed E-state index contributed by atoms with van der Waals surface area (Å²) in [4.78, 5) is 29.2. The highest BCUT2D eigenvalue weighted by Gasteiger charge is 2.21. The number of ether oxygens (including phenoxy) is 1. The first-order valence-corrected chi connectivity index (χ1v) is 12.5. The summed E-state index contributed by atoms with van der Waals surface area (Å²) >= 11 is 6.54. The molecule has 4 aromatic carbocycles. The Kier molecular flexibility index (Phi) is 7.33. The van der Waals surface area contributed by atoms with Crippen LogP contribution in [-0.4, -0.2) is 23.1 Å². The molecule has 0 aliphatic heterocycles. The SMILES string of the molecule is CCc1cccc2c(-c3ccccc3Cl)c(C(=O)NN=Cc3ccccc3OC(=O)c3ccccc3)[nH]c12. The number of carbonyl (C=O) groups excluding carboxylic acids is 2. The Morgan fingerprint density at radius 1 is 0.921 bits per heavy atom. The summed E-state index contributed by atoms with van der Waals surface area (Å²) in [5.41, 5.74) is 7.37. The molecule has 1 heterocycles. The topological polar surface area (TPSA) is 83.5 Å². The maximum absolute atomic E-state index is 13.4. The number of esters is 1. The zero-order valence-electron chi connectivity index (χ0n) is 20.6. The Morgan fingerprint density at radius 2 is 1.66 bits per heavy atom. The Morgan fingerprint density at radius 3 is 2.45 bits per heavy atom. The zero-order chi connectivity index (χ0) is 26.5. The van der Waals surface area contributed by atoms with E-state index in [0.717, 1.165) is 28.5 Å². The third-order valence-corrected chi connectivity index (χ3v) is 6.50. The number of aryl methyl sites for hydroxylation is 1. The van der Waals surface area contributed by atoms with E-state index in [0.29, 0.717) is 33.2 Å². The van der Waals surface area contributed by atoms with Gasteiger partial charge < -0.3 is 9.72 Å². The quantitative estimate of drug-likeness (QED) is 0.104. The number of aromatic nitrogens is 1. The van der Waals surface area contributed by atoms with Gasteiger partial charge in [-0.25, -0.2) is 10.2 Å². The highest BCUT2D eigenvalue weighted by Crippen LogP contribution is 2.37. The Balaban J connectivity index is 1.44. The number of nitrogens with zero attached hydrogens (tertiary/aromatic N) is 1. The summed E-state index contributed by atoms with van der Waals surface area (Å²) in [5.74, 6) is -0.577. The largest absolute Gasteiger partial charge is 0.422 e. The molecule has 188 valence electrons. The van der Waals surface area contributed by atoms with Crippen molar-refractivity contribution < 1.29 is 14.3 Å². The fourth-order valence-electron chi connectivity index (χ4n) is 4.32. The first kappa shape index (κ1) is 25.0. The molecule has 0 bridgehead atoms. The van der Waals surface area contributed by atoms with Gasteiger partial charge in [-0.3, -0.25) is 4.79 Å². The van der Waals surface area contributed by atoms with Crippen molar-refractivity contribution in [1.29, 1.82) is 0 Å². The molecule has 5 aromatic rings. The number of hydrogen-bond donors (Lipinski definition) is 2. The number of halogens is 1. The lowest BCUT2D eigenvalue weighted by atomic mass is 9.99. The molecule has 0 saturated heterocycles. The Bertz CT molecular complexity index is 1660. The molecule has 7 heteroatoms. The monoisotopic (exact) mass is 521 g/mol. The van der Waals surface area contributed by atoms with Gasteiger partial charge in [0.15, 0.2) is 0 Å². The third-order valence-electron chi connectivity index (χ3n) is 6.17. The van der Waals surface area contributed by atoms with Gasteiger partial charge in [0.1, 0.15) is 11.4 Å². The number of hydrazone groups is 1. The summed E-state index contributed by atoms with van der Waals surface area (Å²) in [7, 11) is 0. The van der Waals surface area contributed by atoms with Crippen LogP contribution in [0.2, 0.25) is 5.02 Å². The molecule has 0 unspecified atom stereocenters. The van der Waals surface area contributed by atoms with E-state index >= 15 is 0 Å². The molecule has 0 saturated carbocycles. The van der Waals surface area contributed by atoms with Crippen molar-refractivity contribution in [2.24, 2.45) is 5.10 Å². The van der Waals surface area contributed by atoms with E-state index in [-0.39, 0.29) is 0 Å². The molecule has 0 fully saturated rings. The van der Waals surface area contributed by atoms with Crippen LogP contribution in [0.1, 0.15) is 38.9 Å². The van der Waals surface area contributed by atoms with Crippen LogP contribution in [0.25, 0.3) is 22.0 Å². The molecular formula is C31H24ClN3O3. The van der Waals surface area contributed by atoms with Crippen LogP contribution in [0.15, 0.2) is 102 Å². The number of carbonyl (C=O) groups is 2. The maximum Gasteiger partial charge on any atom is 0.343 e. The summed E-state index contributed by atoms with van der Waals surface area (Å²) in [6, 6.07) is 29.1. The van der Waals surface area contributed by atoms with Crippen LogP contribution >= 0.6 is 11.6 Å². The molecule has 1 amide bonds. The Hall–Kier alpha value is -4.68. The molecule has 2 N–H and O–H groups in total. The van der Waals surface area contributed by atoms with Crippen molar-refractivity contribution in [3.8, 4) is 16.9 Å². The molecule has 1 aromatic heterocycles. The number of nitrogens with one attached hydrogen (secondary N) is 2. The van der Waals surface area contributed by atoms with E-state index in [9.17, 15) is 9.59 Å². The van der Waals surface area contributed by atoms with Crippen LogP contribution in [0, 0.1) is 0 Å². The number of fused-ring (bicyclic) bond motifs is 1. The second-order valence-electron chi connectivity index (χ2n) is 8.54. The van der Waals surface area contributed by atoms with Crippen molar-refractivity contribution in [2.75, 3.05) is 0 Å². The average Bonchev–Trinajstić information content (AvgIpc) is 3.34. The summed E-state index contributed by atoms with van der Waals surface area (Å²) in [5, 5.41) is 5.61. The standard InChI is InChI=1S/C31H24ClN3O3/c1-2-20-14-10-16-24-27(23-15-7-8-17-25(23)32)29(34-28(20)24)30(36)35-33-19-22-13-6-9-18-26(22)38-31(37)21-11-4-3-5-12-21/h3-19,34H,2H2,1H3,(H,35,36). The molecule has 5 rings (SSSR count). The molecule has 0 radical (unpaired) electrons. The van der Waals surface area contributed by atoms with Crippen LogP contribution in [0.5, 0.6) is 5.75 Å². The molecule has 0 atom stereocenters. The van der Waals surface area contributed by atoms with Gasteiger partial charge in [-0.2, -0.15) is 5.10 Å². The number of H-pyrrole nitrogens is 1. The van der Waals surface area contributed by atoms with Crippen molar-refractivity contribution in [1.82, 2.24) is 10.4 Å². The number of benzene rings is 4. The third kappa shape index (κ3) is 5.08.